The molecule has 4 unspecified atom stereocenters. The van der Waals surface area contributed by atoms with Crippen molar-refractivity contribution in [3.8, 4) is 11.1 Å². The molecule has 0 radical (unpaired) electrons. The summed E-state index contributed by atoms with van der Waals surface area (Å²) in [6, 6.07) is 11.3. The van der Waals surface area contributed by atoms with Gasteiger partial charge in [-0.1, -0.05) is 37.3 Å². The average molecular weight is 384 g/mol. The van der Waals surface area contributed by atoms with E-state index >= 15 is 0 Å². The third-order valence-electron chi connectivity index (χ3n) is 6.22. The molecule has 1 aliphatic carbocycles. The standard InChI is InChI=1S/C23H26F2N2O/c1-14-13-27(11-5-10-21(14)26)23(28)18-12-17(18)15-6-2-3-7-16(15)22-19(24)8-4-9-20(22)25/h2-4,6-9,14,17-18,21H,5,10-13,26H2,1H3. The van der Waals surface area contributed by atoms with Crippen LogP contribution in [0.2, 0.25) is 0 Å². The van der Waals surface area contributed by atoms with Crippen molar-refractivity contribution in [2.75, 3.05) is 13.1 Å². The number of hydrogen-bond donors (Lipinski definition) is 1. The number of rotatable bonds is 3. The van der Waals surface area contributed by atoms with E-state index in [-0.39, 0.29) is 35.3 Å². The minimum absolute atomic E-state index is 0.00873. The molecule has 2 fully saturated rings. The van der Waals surface area contributed by atoms with Gasteiger partial charge in [-0.3, -0.25) is 4.79 Å². The van der Waals surface area contributed by atoms with Gasteiger partial charge in [0.05, 0.1) is 5.56 Å². The number of carbonyl (C=O) groups is 1. The van der Waals surface area contributed by atoms with Crippen LogP contribution in [0.4, 0.5) is 8.78 Å². The molecule has 0 bridgehead atoms. The molecule has 148 valence electrons. The van der Waals surface area contributed by atoms with Crippen LogP contribution in [0.5, 0.6) is 0 Å². The van der Waals surface area contributed by atoms with Crippen LogP contribution in [0, 0.1) is 23.5 Å². The lowest BCUT2D eigenvalue weighted by Crippen LogP contribution is -2.38. The highest BCUT2D eigenvalue weighted by Gasteiger charge is 2.47. The summed E-state index contributed by atoms with van der Waals surface area (Å²) in [5.41, 5.74) is 7.54. The summed E-state index contributed by atoms with van der Waals surface area (Å²) in [4.78, 5) is 15.0. The summed E-state index contributed by atoms with van der Waals surface area (Å²) in [5, 5.41) is 0. The fourth-order valence-electron chi connectivity index (χ4n) is 4.43. The summed E-state index contributed by atoms with van der Waals surface area (Å²) in [5.74, 6) is -0.830. The first-order valence-corrected chi connectivity index (χ1v) is 10.0. The van der Waals surface area contributed by atoms with Crippen LogP contribution in [0.1, 0.15) is 37.7 Å². The SMILES string of the molecule is CC1CN(C(=O)C2CC2c2ccccc2-c2c(F)cccc2F)CCCC1N. The van der Waals surface area contributed by atoms with Crippen molar-refractivity contribution in [3.63, 3.8) is 0 Å². The van der Waals surface area contributed by atoms with Gasteiger partial charge < -0.3 is 10.6 Å². The smallest absolute Gasteiger partial charge is 0.226 e. The largest absolute Gasteiger partial charge is 0.342 e. The van der Waals surface area contributed by atoms with E-state index in [0.29, 0.717) is 12.1 Å². The summed E-state index contributed by atoms with van der Waals surface area (Å²) in [6.45, 7) is 3.52. The van der Waals surface area contributed by atoms with Gasteiger partial charge in [0, 0.05) is 25.0 Å². The first-order valence-electron chi connectivity index (χ1n) is 10.0. The molecule has 1 amide bonds. The normalized spacial score (nSPS) is 27.4. The highest BCUT2D eigenvalue weighted by atomic mass is 19.1. The quantitative estimate of drug-likeness (QED) is 0.857. The number of halogens is 2. The van der Waals surface area contributed by atoms with Gasteiger partial charge in [-0.05, 0) is 54.4 Å². The summed E-state index contributed by atoms with van der Waals surface area (Å²) >= 11 is 0. The van der Waals surface area contributed by atoms with Crippen LogP contribution >= 0.6 is 0 Å². The highest BCUT2D eigenvalue weighted by molar-refractivity contribution is 5.84. The van der Waals surface area contributed by atoms with E-state index in [1.54, 1.807) is 12.1 Å². The molecule has 4 atom stereocenters. The van der Waals surface area contributed by atoms with Gasteiger partial charge in [0.25, 0.3) is 0 Å². The molecule has 5 heteroatoms. The van der Waals surface area contributed by atoms with Gasteiger partial charge in [0.15, 0.2) is 0 Å². The van der Waals surface area contributed by atoms with Gasteiger partial charge in [-0.2, -0.15) is 0 Å². The number of nitrogens with zero attached hydrogens (tertiary/aromatic N) is 1. The number of benzene rings is 2. The Labute approximate surface area is 164 Å². The minimum Gasteiger partial charge on any atom is -0.342 e. The summed E-state index contributed by atoms with van der Waals surface area (Å²) in [6.07, 6.45) is 2.59. The Morgan fingerprint density at radius 2 is 1.82 bits per heavy atom. The molecule has 0 aromatic heterocycles. The van der Waals surface area contributed by atoms with E-state index in [0.717, 1.165) is 31.4 Å². The molecule has 2 aliphatic rings. The van der Waals surface area contributed by atoms with E-state index in [1.807, 2.05) is 17.0 Å². The number of amides is 1. The van der Waals surface area contributed by atoms with Gasteiger partial charge in [0.2, 0.25) is 5.91 Å². The lowest BCUT2D eigenvalue weighted by molar-refractivity contribution is -0.133. The predicted molar refractivity (Wildman–Crippen MR) is 106 cm³/mol. The van der Waals surface area contributed by atoms with Crippen molar-refractivity contribution in [3.05, 3.63) is 59.7 Å². The Morgan fingerprint density at radius 1 is 1.11 bits per heavy atom. The Bertz CT molecular complexity index is 864. The van der Waals surface area contributed by atoms with Gasteiger partial charge in [-0.25, -0.2) is 8.78 Å². The molecule has 1 heterocycles. The number of hydrogen-bond acceptors (Lipinski definition) is 2. The lowest BCUT2D eigenvalue weighted by atomic mass is 9.95. The Morgan fingerprint density at radius 3 is 2.57 bits per heavy atom. The third-order valence-corrected chi connectivity index (χ3v) is 6.22. The van der Waals surface area contributed by atoms with Crippen LogP contribution in [0.3, 0.4) is 0 Å². The molecule has 2 aromatic rings. The molecule has 0 spiro atoms. The molecular formula is C23H26F2N2O. The second-order valence-electron chi connectivity index (χ2n) is 8.20. The molecule has 3 nitrogen and oxygen atoms in total. The van der Waals surface area contributed by atoms with Crippen molar-refractivity contribution in [2.45, 2.75) is 38.1 Å². The molecule has 2 N–H and O–H groups in total. The number of carbonyl (C=O) groups excluding carboxylic acids is 1. The van der Waals surface area contributed by atoms with Crippen molar-refractivity contribution in [2.24, 2.45) is 17.6 Å². The maximum absolute atomic E-state index is 14.3. The lowest BCUT2D eigenvalue weighted by Gasteiger charge is -2.24. The fourth-order valence-corrected chi connectivity index (χ4v) is 4.43. The zero-order valence-corrected chi connectivity index (χ0v) is 16.1. The monoisotopic (exact) mass is 384 g/mol. The van der Waals surface area contributed by atoms with Crippen molar-refractivity contribution in [1.29, 1.82) is 0 Å². The Balaban J connectivity index is 1.57. The Hall–Kier alpha value is -2.27. The van der Waals surface area contributed by atoms with Crippen LogP contribution in [-0.4, -0.2) is 29.9 Å². The molecule has 4 rings (SSSR count). The van der Waals surface area contributed by atoms with E-state index in [2.05, 4.69) is 6.92 Å². The van der Waals surface area contributed by atoms with Crippen LogP contribution in [-0.2, 0) is 4.79 Å². The zero-order valence-electron chi connectivity index (χ0n) is 16.1. The van der Waals surface area contributed by atoms with Gasteiger partial charge in [0.1, 0.15) is 11.6 Å². The van der Waals surface area contributed by atoms with Crippen LogP contribution in [0.15, 0.2) is 42.5 Å². The number of nitrogens with two attached hydrogens (primary N) is 1. The fraction of sp³-hybridized carbons (Fsp3) is 0.435. The molecule has 1 saturated heterocycles. The Kier molecular flexibility index (Phi) is 5.19. The van der Waals surface area contributed by atoms with E-state index in [4.69, 9.17) is 5.73 Å². The molecule has 28 heavy (non-hydrogen) atoms. The molecule has 1 aliphatic heterocycles. The van der Waals surface area contributed by atoms with Gasteiger partial charge >= 0.3 is 0 Å². The third kappa shape index (κ3) is 3.55. The minimum atomic E-state index is -0.577. The molecular weight excluding hydrogens is 358 g/mol. The van der Waals surface area contributed by atoms with Crippen molar-refractivity contribution < 1.29 is 13.6 Å². The van der Waals surface area contributed by atoms with E-state index in [1.165, 1.54) is 18.2 Å². The summed E-state index contributed by atoms with van der Waals surface area (Å²) < 4.78 is 28.7. The maximum atomic E-state index is 14.3. The first-order chi connectivity index (χ1) is 13.5. The second kappa shape index (κ2) is 7.63. The molecule has 1 saturated carbocycles. The first kappa shape index (κ1) is 19.1. The second-order valence-corrected chi connectivity index (χ2v) is 8.20. The van der Waals surface area contributed by atoms with E-state index in [9.17, 15) is 13.6 Å². The average Bonchev–Trinajstić information content (AvgIpc) is 3.48. The van der Waals surface area contributed by atoms with Crippen molar-refractivity contribution >= 4 is 5.91 Å². The number of likely N-dealkylation sites (tertiary alicyclic amines) is 1. The van der Waals surface area contributed by atoms with Crippen LogP contribution in [0.25, 0.3) is 11.1 Å². The summed E-state index contributed by atoms with van der Waals surface area (Å²) in [7, 11) is 0. The maximum Gasteiger partial charge on any atom is 0.226 e. The van der Waals surface area contributed by atoms with Crippen LogP contribution < -0.4 is 5.73 Å². The van der Waals surface area contributed by atoms with Gasteiger partial charge in [-0.15, -0.1) is 0 Å². The van der Waals surface area contributed by atoms with E-state index < -0.39 is 11.6 Å². The molecule has 2 aromatic carbocycles. The highest BCUT2D eigenvalue weighted by Crippen LogP contribution is 2.51. The topological polar surface area (TPSA) is 46.3 Å². The predicted octanol–water partition coefficient (Wildman–Crippen LogP) is 4.32. The van der Waals surface area contributed by atoms with Crippen molar-refractivity contribution in [1.82, 2.24) is 4.90 Å². The zero-order chi connectivity index (χ0) is 19.8.